The molecule has 2 aromatic carbocycles. The number of carbonyl (C=O) groups is 1. The average Bonchev–Trinajstić information content (AvgIpc) is 3.13. The van der Waals surface area contributed by atoms with Gasteiger partial charge in [-0.15, -0.1) is 6.42 Å². The van der Waals surface area contributed by atoms with Crippen LogP contribution in [-0.4, -0.2) is 43.4 Å². The number of aromatic nitrogens is 1. The summed E-state index contributed by atoms with van der Waals surface area (Å²) in [6, 6.07) is 14.4. The Morgan fingerprint density at radius 1 is 1.18 bits per heavy atom. The molecule has 1 heterocycles. The zero-order valence-corrected chi connectivity index (χ0v) is 16.1. The van der Waals surface area contributed by atoms with Gasteiger partial charge in [0.25, 0.3) is 0 Å². The fraction of sp³-hybridized carbons (Fsp3) is 0.190. The molecule has 1 atom stereocenters. The molecule has 0 unspecified atom stereocenters. The lowest BCUT2D eigenvalue weighted by Crippen LogP contribution is -2.47. The van der Waals surface area contributed by atoms with Gasteiger partial charge in [-0.2, -0.15) is 4.31 Å². The van der Waals surface area contributed by atoms with Crippen LogP contribution in [0.5, 0.6) is 0 Å². The van der Waals surface area contributed by atoms with E-state index in [-0.39, 0.29) is 17.9 Å². The minimum absolute atomic E-state index is 0.0677. The number of fused-ring (bicyclic) bond motifs is 1. The summed E-state index contributed by atoms with van der Waals surface area (Å²) in [7, 11) is -2.76. The highest BCUT2D eigenvalue weighted by atomic mass is 32.2. The van der Waals surface area contributed by atoms with Gasteiger partial charge in [-0.25, -0.2) is 8.42 Å². The highest BCUT2D eigenvalue weighted by Crippen LogP contribution is 2.24. The summed E-state index contributed by atoms with van der Waals surface area (Å²) in [4.78, 5) is 15.8. The van der Waals surface area contributed by atoms with Crippen LogP contribution in [0.25, 0.3) is 10.9 Å². The predicted octanol–water partition coefficient (Wildman–Crippen LogP) is 2.58. The lowest BCUT2D eigenvalue weighted by atomic mass is 10.0. The fourth-order valence-electron chi connectivity index (χ4n) is 3.13. The Morgan fingerprint density at radius 3 is 2.54 bits per heavy atom. The van der Waals surface area contributed by atoms with Gasteiger partial charge in [0.2, 0.25) is 10.0 Å². The van der Waals surface area contributed by atoms with E-state index in [0.29, 0.717) is 0 Å². The summed E-state index contributed by atoms with van der Waals surface area (Å²) >= 11 is 0. The van der Waals surface area contributed by atoms with Gasteiger partial charge in [-0.05, 0) is 23.8 Å². The Kier molecular flexibility index (Phi) is 5.83. The van der Waals surface area contributed by atoms with Crippen LogP contribution in [0, 0.1) is 12.3 Å². The van der Waals surface area contributed by atoms with Crippen molar-refractivity contribution in [3.8, 4) is 12.3 Å². The molecule has 0 saturated heterocycles. The number of sulfonamides is 1. The molecular weight excluding hydrogens is 376 g/mol. The Labute approximate surface area is 164 Å². The van der Waals surface area contributed by atoms with E-state index < -0.39 is 22.0 Å². The summed E-state index contributed by atoms with van der Waals surface area (Å²) in [5, 5.41) is 0.911. The number of hydrogen-bond acceptors (Lipinski definition) is 4. The lowest BCUT2D eigenvalue weighted by Gasteiger charge is -2.27. The number of hydrogen-bond donors (Lipinski definition) is 1. The van der Waals surface area contributed by atoms with Crippen LogP contribution < -0.4 is 0 Å². The summed E-state index contributed by atoms with van der Waals surface area (Å²) in [6.45, 7) is -0.251. The third kappa shape index (κ3) is 3.79. The maximum Gasteiger partial charge on any atom is 0.324 e. The van der Waals surface area contributed by atoms with E-state index in [4.69, 9.17) is 11.2 Å². The molecule has 3 rings (SSSR count). The standard InChI is InChI=1S/C21H20N2O4S/c1-3-13-23(28(25,26)17-9-5-4-6-10-17)20(21(24)27-2)14-16-15-22-19-12-8-7-11-18(16)19/h1,4-12,15,20,22H,13-14H2,2H3/t20-/m0/s1. The molecule has 1 N–H and O–H groups in total. The van der Waals surface area contributed by atoms with Gasteiger partial charge in [-0.3, -0.25) is 4.79 Å². The highest BCUT2D eigenvalue weighted by Gasteiger charge is 2.36. The second kappa shape index (κ2) is 8.30. The van der Waals surface area contributed by atoms with Gasteiger partial charge in [0, 0.05) is 23.5 Å². The SMILES string of the molecule is C#CCN([C@@H](Cc1c[nH]c2ccccc12)C(=O)OC)S(=O)(=O)c1ccccc1. The second-order valence-corrected chi connectivity index (χ2v) is 8.06. The summed E-state index contributed by atoms with van der Waals surface area (Å²) < 4.78 is 32.3. The molecule has 7 heteroatoms. The number of carbonyl (C=O) groups excluding carboxylic acids is 1. The van der Waals surface area contributed by atoms with Crippen molar-refractivity contribution in [2.75, 3.05) is 13.7 Å². The molecule has 0 aliphatic rings. The number of nitrogens with zero attached hydrogens (tertiary/aromatic N) is 1. The average molecular weight is 396 g/mol. The molecule has 1 aromatic heterocycles. The molecule has 0 saturated carbocycles. The van der Waals surface area contributed by atoms with Gasteiger partial charge in [0.15, 0.2) is 0 Å². The van der Waals surface area contributed by atoms with E-state index in [2.05, 4.69) is 10.9 Å². The number of rotatable bonds is 7. The Hall–Kier alpha value is -3.08. The third-order valence-electron chi connectivity index (χ3n) is 4.51. The molecule has 0 fully saturated rings. The fourth-order valence-corrected chi connectivity index (χ4v) is 4.64. The largest absolute Gasteiger partial charge is 0.468 e. The molecule has 6 nitrogen and oxygen atoms in total. The maximum absolute atomic E-state index is 13.2. The molecule has 0 aliphatic heterocycles. The molecule has 0 amide bonds. The van der Waals surface area contributed by atoms with E-state index in [9.17, 15) is 13.2 Å². The normalized spacial score (nSPS) is 12.6. The molecule has 0 radical (unpaired) electrons. The number of methoxy groups -OCH3 is 1. The zero-order valence-electron chi connectivity index (χ0n) is 15.3. The Morgan fingerprint density at radius 2 is 1.86 bits per heavy atom. The molecular formula is C21H20N2O4S. The van der Waals surface area contributed by atoms with Crippen LogP contribution >= 0.6 is 0 Å². The summed E-state index contributed by atoms with van der Waals surface area (Å²) in [5.41, 5.74) is 1.70. The first kappa shape index (κ1) is 19.7. The lowest BCUT2D eigenvalue weighted by molar-refractivity contribution is -0.145. The van der Waals surface area contributed by atoms with Crippen molar-refractivity contribution in [2.24, 2.45) is 0 Å². The van der Waals surface area contributed by atoms with Crippen molar-refractivity contribution in [3.63, 3.8) is 0 Å². The van der Waals surface area contributed by atoms with Crippen molar-refractivity contribution < 1.29 is 17.9 Å². The van der Waals surface area contributed by atoms with Gasteiger partial charge in [-0.1, -0.05) is 42.3 Å². The molecule has 28 heavy (non-hydrogen) atoms. The van der Waals surface area contributed by atoms with Crippen LogP contribution in [0.4, 0.5) is 0 Å². The number of nitrogens with one attached hydrogen (secondary N) is 1. The second-order valence-electron chi connectivity index (χ2n) is 6.17. The molecule has 0 spiro atoms. The topological polar surface area (TPSA) is 79.5 Å². The van der Waals surface area contributed by atoms with E-state index in [1.165, 1.54) is 19.2 Å². The molecule has 3 aromatic rings. The highest BCUT2D eigenvalue weighted by molar-refractivity contribution is 7.89. The third-order valence-corrected chi connectivity index (χ3v) is 6.37. The number of benzene rings is 2. The van der Waals surface area contributed by atoms with Crippen molar-refractivity contribution >= 4 is 26.9 Å². The van der Waals surface area contributed by atoms with Crippen LogP contribution in [0.1, 0.15) is 5.56 Å². The first-order valence-electron chi connectivity index (χ1n) is 8.62. The Bertz CT molecular complexity index is 1110. The van der Waals surface area contributed by atoms with Crippen LogP contribution in [0.2, 0.25) is 0 Å². The summed E-state index contributed by atoms with van der Waals surface area (Å²) in [6.07, 6.45) is 7.33. The van der Waals surface area contributed by atoms with E-state index in [1.54, 1.807) is 24.4 Å². The first-order valence-corrected chi connectivity index (χ1v) is 10.1. The van der Waals surface area contributed by atoms with Crippen molar-refractivity contribution in [3.05, 3.63) is 66.4 Å². The number of para-hydroxylation sites is 1. The van der Waals surface area contributed by atoms with Gasteiger partial charge in [0.05, 0.1) is 18.6 Å². The Balaban J connectivity index is 2.05. The smallest absolute Gasteiger partial charge is 0.324 e. The quantitative estimate of drug-likeness (QED) is 0.492. The number of esters is 1. The van der Waals surface area contributed by atoms with Crippen LogP contribution in [-0.2, 0) is 26.0 Å². The monoisotopic (exact) mass is 396 g/mol. The van der Waals surface area contributed by atoms with Crippen molar-refractivity contribution in [2.45, 2.75) is 17.4 Å². The minimum atomic E-state index is -3.99. The van der Waals surface area contributed by atoms with Gasteiger partial charge in [0.1, 0.15) is 6.04 Å². The molecule has 0 bridgehead atoms. The van der Waals surface area contributed by atoms with Crippen molar-refractivity contribution in [1.29, 1.82) is 0 Å². The predicted molar refractivity (Wildman–Crippen MR) is 107 cm³/mol. The van der Waals surface area contributed by atoms with Crippen molar-refractivity contribution in [1.82, 2.24) is 9.29 Å². The zero-order chi connectivity index (χ0) is 20.1. The number of terminal acetylenes is 1. The molecule has 0 aliphatic carbocycles. The van der Waals surface area contributed by atoms with Gasteiger partial charge < -0.3 is 9.72 Å². The van der Waals surface area contributed by atoms with Crippen LogP contribution in [0.15, 0.2) is 65.7 Å². The maximum atomic E-state index is 13.2. The van der Waals surface area contributed by atoms with Gasteiger partial charge >= 0.3 is 5.97 Å². The number of aromatic amines is 1. The number of H-pyrrole nitrogens is 1. The summed E-state index contributed by atoms with van der Waals surface area (Å²) in [5.74, 6) is 1.68. The first-order chi connectivity index (χ1) is 13.5. The number of ether oxygens (including phenoxy) is 1. The molecule has 144 valence electrons. The minimum Gasteiger partial charge on any atom is -0.468 e. The van der Waals surface area contributed by atoms with E-state index in [1.807, 2.05) is 24.3 Å². The van der Waals surface area contributed by atoms with E-state index in [0.717, 1.165) is 20.8 Å². The van der Waals surface area contributed by atoms with E-state index >= 15 is 0 Å². The van der Waals surface area contributed by atoms with Crippen LogP contribution in [0.3, 0.4) is 0 Å².